The first-order chi connectivity index (χ1) is 15.3. The van der Waals surface area contributed by atoms with Crippen LogP contribution in [0.25, 0.3) is 0 Å². The standard InChI is InChI=1S/C25H23FN2O3S/c1-3-16-28(18-21-6-4-19(2)5-7-21)25(29)17-20-8-12-23(13-9-20)27-32(30,31)24-14-10-22(26)11-15-24/h1,4-15,27H,16-18H2,2H3. The minimum absolute atomic E-state index is 0.0424. The highest BCUT2D eigenvalue weighted by Gasteiger charge is 2.16. The maximum atomic E-state index is 13.0. The van der Waals surface area contributed by atoms with Gasteiger partial charge < -0.3 is 4.90 Å². The summed E-state index contributed by atoms with van der Waals surface area (Å²) in [5.41, 5.74) is 3.19. The van der Waals surface area contributed by atoms with Crippen molar-refractivity contribution in [3.05, 3.63) is 95.3 Å². The van der Waals surface area contributed by atoms with Crippen LogP contribution in [0, 0.1) is 25.1 Å². The van der Waals surface area contributed by atoms with Crippen LogP contribution in [0.3, 0.4) is 0 Å². The Morgan fingerprint density at radius 1 is 0.969 bits per heavy atom. The molecule has 3 aromatic carbocycles. The third-order valence-electron chi connectivity index (χ3n) is 4.81. The molecule has 3 rings (SSSR count). The van der Waals surface area contributed by atoms with Crippen molar-refractivity contribution in [2.24, 2.45) is 0 Å². The predicted octanol–water partition coefficient (Wildman–Crippen LogP) is 4.14. The molecule has 32 heavy (non-hydrogen) atoms. The Labute approximate surface area is 187 Å². The van der Waals surface area contributed by atoms with Gasteiger partial charge in [0.2, 0.25) is 5.91 Å². The van der Waals surface area contributed by atoms with E-state index in [-0.39, 0.29) is 23.8 Å². The van der Waals surface area contributed by atoms with Gasteiger partial charge in [-0.2, -0.15) is 0 Å². The summed E-state index contributed by atoms with van der Waals surface area (Å²) in [6.07, 6.45) is 5.58. The van der Waals surface area contributed by atoms with Crippen LogP contribution in [-0.2, 0) is 27.8 Å². The number of rotatable bonds is 8. The predicted molar refractivity (Wildman–Crippen MR) is 123 cm³/mol. The van der Waals surface area contributed by atoms with Gasteiger partial charge in [-0.05, 0) is 54.4 Å². The lowest BCUT2D eigenvalue weighted by Crippen LogP contribution is -2.32. The summed E-state index contributed by atoms with van der Waals surface area (Å²) in [5, 5.41) is 0. The van der Waals surface area contributed by atoms with Crippen LogP contribution in [0.4, 0.5) is 10.1 Å². The monoisotopic (exact) mass is 450 g/mol. The lowest BCUT2D eigenvalue weighted by molar-refractivity contribution is -0.130. The van der Waals surface area contributed by atoms with Crippen molar-refractivity contribution < 1.29 is 17.6 Å². The van der Waals surface area contributed by atoms with Gasteiger partial charge in [0.25, 0.3) is 10.0 Å². The summed E-state index contributed by atoms with van der Waals surface area (Å²) >= 11 is 0. The van der Waals surface area contributed by atoms with E-state index in [1.807, 2.05) is 31.2 Å². The van der Waals surface area contributed by atoms with E-state index in [4.69, 9.17) is 6.42 Å². The number of carbonyl (C=O) groups is 1. The van der Waals surface area contributed by atoms with Crippen LogP contribution < -0.4 is 4.72 Å². The second kappa shape index (κ2) is 10.1. The molecular weight excluding hydrogens is 427 g/mol. The normalized spacial score (nSPS) is 10.9. The number of hydrogen-bond acceptors (Lipinski definition) is 3. The number of aryl methyl sites for hydroxylation is 1. The third kappa shape index (κ3) is 6.19. The fraction of sp³-hybridized carbons (Fsp3) is 0.160. The SMILES string of the molecule is C#CCN(Cc1ccc(C)cc1)C(=O)Cc1ccc(NS(=O)(=O)c2ccc(F)cc2)cc1. The van der Waals surface area contributed by atoms with Crippen molar-refractivity contribution in [1.82, 2.24) is 4.90 Å². The number of sulfonamides is 1. The summed E-state index contributed by atoms with van der Waals surface area (Å²) in [7, 11) is -3.84. The molecule has 3 aromatic rings. The molecule has 0 unspecified atom stereocenters. The highest BCUT2D eigenvalue weighted by atomic mass is 32.2. The van der Waals surface area contributed by atoms with Crippen molar-refractivity contribution in [3.8, 4) is 12.3 Å². The highest BCUT2D eigenvalue weighted by Crippen LogP contribution is 2.18. The zero-order valence-electron chi connectivity index (χ0n) is 17.6. The second-order valence-electron chi connectivity index (χ2n) is 7.37. The quantitative estimate of drug-likeness (QED) is 0.525. The number of anilines is 1. The molecule has 0 aliphatic heterocycles. The average molecular weight is 451 g/mol. The highest BCUT2D eigenvalue weighted by molar-refractivity contribution is 7.92. The van der Waals surface area contributed by atoms with Gasteiger partial charge in [0, 0.05) is 12.2 Å². The first-order valence-electron chi connectivity index (χ1n) is 9.91. The molecule has 0 saturated heterocycles. The Morgan fingerprint density at radius 3 is 2.16 bits per heavy atom. The van der Waals surface area contributed by atoms with Crippen molar-refractivity contribution in [1.29, 1.82) is 0 Å². The van der Waals surface area contributed by atoms with Crippen LogP contribution in [0.1, 0.15) is 16.7 Å². The van der Waals surface area contributed by atoms with Gasteiger partial charge in [0.1, 0.15) is 5.82 Å². The Kier molecular flexibility index (Phi) is 7.29. The van der Waals surface area contributed by atoms with Crippen LogP contribution in [-0.4, -0.2) is 25.8 Å². The molecule has 0 bridgehead atoms. The van der Waals surface area contributed by atoms with Gasteiger partial charge in [-0.3, -0.25) is 9.52 Å². The number of nitrogens with one attached hydrogen (secondary N) is 1. The van der Waals surface area contributed by atoms with Crippen LogP contribution >= 0.6 is 0 Å². The van der Waals surface area contributed by atoms with Gasteiger partial charge in [-0.1, -0.05) is 47.9 Å². The molecule has 164 valence electrons. The number of benzene rings is 3. The van der Waals surface area contributed by atoms with Gasteiger partial charge >= 0.3 is 0 Å². The Balaban J connectivity index is 1.65. The van der Waals surface area contributed by atoms with E-state index in [9.17, 15) is 17.6 Å². The molecule has 0 aliphatic carbocycles. The summed E-state index contributed by atoms with van der Waals surface area (Å²) in [5.74, 6) is 1.89. The number of terminal acetylenes is 1. The summed E-state index contributed by atoms with van der Waals surface area (Å²) in [4.78, 5) is 14.4. The molecule has 0 heterocycles. The van der Waals surface area contributed by atoms with E-state index in [0.29, 0.717) is 12.2 Å². The summed E-state index contributed by atoms with van der Waals surface area (Å²) in [6, 6.07) is 19.0. The van der Waals surface area contributed by atoms with Crippen molar-refractivity contribution in [2.75, 3.05) is 11.3 Å². The number of amides is 1. The maximum absolute atomic E-state index is 13.0. The Morgan fingerprint density at radius 2 is 1.56 bits per heavy atom. The molecule has 0 atom stereocenters. The number of halogens is 1. The summed E-state index contributed by atoms with van der Waals surface area (Å²) in [6.45, 7) is 2.61. The van der Waals surface area contributed by atoms with Gasteiger partial charge in [-0.15, -0.1) is 6.42 Å². The minimum Gasteiger partial charge on any atom is -0.327 e. The van der Waals surface area contributed by atoms with E-state index in [2.05, 4.69) is 10.6 Å². The minimum atomic E-state index is -3.84. The zero-order chi connectivity index (χ0) is 23.1. The molecule has 0 fully saturated rings. The van der Waals surface area contributed by atoms with Gasteiger partial charge in [-0.25, -0.2) is 12.8 Å². The molecule has 1 N–H and O–H groups in total. The topological polar surface area (TPSA) is 66.5 Å². The molecule has 0 aromatic heterocycles. The van der Waals surface area contributed by atoms with E-state index in [1.54, 1.807) is 29.2 Å². The van der Waals surface area contributed by atoms with Crippen molar-refractivity contribution in [3.63, 3.8) is 0 Å². The number of carbonyl (C=O) groups excluding carboxylic acids is 1. The Bertz CT molecular complexity index is 1210. The first kappa shape index (κ1) is 23.0. The summed E-state index contributed by atoms with van der Waals surface area (Å²) < 4.78 is 40.3. The zero-order valence-corrected chi connectivity index (χ0v) is 18.4. The van der Waals surface area contributed by atoms with Crippen molar-refractivity contribution in [2.45, 2.75) is 24.8 Å². The lowest BCUT2D eigenvalue weighted by Gasteiger charge is -2.20. The average Bonchev–Trinajstić information content (AvgIpc) is 2.76. The van der Waals surface area contributed by atoms with E-state index < -0.39 is 15.8 Å². The van der Waals surface area contributed by atoms with E-state index in [0.717, 1.165) is 28.8 Å². The molecule has 5 nitrogen and oxygen atoms in total. The largest absolute Gasteiger partial charge is 0.327 e. The number of hydrogen-bond donors (Lipinski definition) is 1. The molecule has 0 aliphatic rings. The Hall–Kier alpha value is -3.63. The van der Waals surface area contributed by atoms with E-state index >= 15 is 0 Å². The maximum Gasteiger partial charge on any atom is 0.261 e. The molecule has 0 radical (unpaired) electrons. The third-order valence-corrected chi connectivity index (χ3v) is 6.21. The second-order valence-corrected chi connectivity index (χ2v) is 9.06. The van der Waals surface area contributed by atoms with E-state index in [1.165, 1.54) is 12.1 Å². The first-order valence-corrected chi connectivity index (χ1v) is 11.4. The van der Waals surface area contributed by atoms with Gasteiger partial charge in [0.05, 0.1) is 17.9 Å². The van der Waals surface area contributed by atoms with Gasteiger partial charge in [0.15, 0.2) is 0 Å². The molecule has 0 spiro atoms. The van der Waals surface area contributed by atoms with Crippen LogP contribution in [0.5, 0.6) is 0 Å². The molecule has 7 heteroatoms. The number of nitrogens with zero attached hydrogens (tertiary/aromatic N) is 1. The molecule has 0 saturated carbocycles. The van der Waals surface area contributed by atoms with Crippen LogP contribution in [0.15, 0.2) is 77.7 Å². The van der Waals surface area contributed by atoms with Crippen molar-refractivity contribution >= 4 is 21.6 Å². The van der Waals surface area contributed by atoms with Crippen LogP contribution in [0.2, 0.25) is 0 Å². The molecule has 1 amide bonds. The smallest absolute Gasteiger partial charge is 0.261 e. The molecular formula is C25H23FN2O3S. The fourth-order valence-electron chi connectivity index (χ4n) is 3.06. The fourth-order valence-corrected chi connectivity index (χ4v) is 4.12. The lowest BCUT2D eigenvalue weighted by atomic mass is 10.1.